The molecule has 2 amide bonds. The number of hydrogen-bond acceptors (Lipinski definition) is 7. The summed E-state index contributed by atoms with van der Waals surface area (Å²) in [5, 5.41) is 3.11. The molecular weight excluding hydrogens is 372 g/mol. The van der Waals surface area contributed by atoms with Gasteiger partial charge in [-0.15, -0.1) is 0 Å². The summed E-state index contributed by atoms with van der Waals surface area (Å²) in [6, 6.07) is 6.62. The topological polar surface area (TPSA) is 102 Å². The van der Waals surface area contributed by atoms with Gasteiger partial charge in [-0.2, -0.15) is 0 Å². The standard InChI is InChI=1S/C18H20N2O6S/c1-3-26-17(23)8-16-20(15(22)11-27-16)10-14(21)19-9-12-4-6-13(7-5-12)18(24)25-2/h4-8H,3,9-11H2,1-2H3,(H,19,21)/b16-8-. The smallest absolute Gasteiger partial charge is 0.337 e. The largest absolute Gasteiger partial charge is 0.465 e. The third-order valence-corrected chi connectivity index (χ3v) is 4.63. The summed E-state index contributed by atoms with van der Waals surface area (Å²) < 4.78 is 9.46. The molecular formula is C18H20N2O6S. The minimum Gasteiger partial charge on any atom is -0.465 e. The fraction of sp³-hybridized carbons (Fsp3) is 0.333. The van der Waals surface area contributed by atoms with Crippen LogP contribution < -0.4 is 5.32 Å². The normalized spacial score (nSPS) is 15.0. The Morgan fingerprint density at radius 1 is 1.26 bits per heavy atom. The van der Waals surface area contributed by atoms with E-state index in [4.69, 9.17) is 4.74 Å². The van der Waals surface area contributed by atoms with E-state index in [1.807, 2.05) is 0 Å². The van der Waals surface area contributed by atoms with Crippen molar-refractivity contribution in [2.75, 3.05) is 26.0 Å². The maximum atomic E-state index is 12.2. The van der Waals surface area contributed by atoms with Gasteiger partial charge in [0, 0.05) is 6.54 Å². The van der Waals surface area contributed by atoms with Gasteiger partial charge in [0.2, 0.25) is 11.8 Å². The van der Waals surface area contributed by atoms with E-state index in [1.165, 1.54) is 29.8 Å². The van der Waals surface area contributed by atoms with Crippen LogP contribution in [0.1, 0.15) is 22.8 Å². The monoisotopic (exact) mass is 392 g/mol. The molecule has 0 radical (unpaired) electrons. The van der Waals surface area contributed by atoms with Crippen molar-refractivity contribution in [2.24, 2.45) is 0 Å². The Kier molecular flexibility index (Phi) is 7.42. The summed E-state index contributed by atoms with van der Waals surface area (Å²) in [7, 11) is 1.30. The van der Waals surface area contributed by atoms with Crippen LogP contribution in [0.2, 0.25) is 0 Å². The van der Waals surface area contributed by atoms with Crippen LogP contribution in [0.3, 0.4) is 0 Å². The molecule has 0 atom stereocenters. The molecule has 8 nitrogen and oxygen atoms in total. The first-order chi connectivity index (χ1) is 12.9. The van der Waals surface area contributed by atoms with Crippen molar-refractivity contribution < 1.29 is 28.7 Å². The van der Waals surface area contributed by atoms with Crippen molar-refractivity contribution in [3.8, 4) is 0 Å². The van der Waals surface area contributed by atoms with Gasteiger partial charge in [0.05, 0.1) is 36.1 Å². The highest BCUT2D eigenvalue weighted by atomic mass is 32.2. The summed E-state index contributed by atoms with van der Waals surface area (Å²) in [5.41, 5.74) is 1.21. The molecule has 1 aliphatic rings. The van der Waals surface area contributed by atoms with Gasteiger partial charge in [0.1, 0.15) is 6.54 Å². The molecule has 0 unspecified atom stereocenters. The van der Waals surface area contributed by atoms with E-state index in [0.717, 1.165) is 5.56 Å². The van der Waals surface area contributed by atoms with Crippen LogP contribution in [-0.2, 0) is 30.4 Å². The minimum absolute atomic E-state index is 0.174. The molecule has 0 aliphatic carbocycles. The van der Waals surface area contributed by atoms with E-state index in [9.17, 15) is 19.2 Å². The molecule has 0 spiro atoms. The van der Waals surface area contributed by atoms with Crippen LogP contribution in [0.5, 0.6) is 0 Å². The van der Waals surface area contributed by atoms with Gasteiger partial charge in [0.15, 0.2) is 0 Å². The van der Waals surface area contributed by atoms with Crippen molar-refractivity contribution in [1.82, 2.24) is 10.2 Å². The third-order valence-electron chi connectivity index (χ3n) is 3.60. The molecule has 1 fully saturated rings. The molecule has 1 aromatic carbocycles. The zero-order valence-corrected chi connectivity index (χ0v) is 15.8. The Bertz CT molecular complexity index is 760. The average Bonchev–Trinajstić information content (AvgIpc) is 2.99. The highest BCUT2D eigenvalue weighted by molar-refractivity contribution is 8.04. The number of carbonyl (C=O) groups is 4. The number of amides is 2. The predicted octanol–water partition coefficient (Wildman–Crippen LogP) is 1.07. The van der Waals surface area contributed by atoms with Gasteiger partial charge in [-0.25, -0.2) is 9.59 Å². The van der Waals surface area contributed by atoms with Gasteiger partial charge >= 0.3 is 11.9 Å². The first-order valence-corrected chi connectivity index (χ1v) is 9.18. The van der Waals surface area contributed by atoms with E-state index >= 15 is 0 Å². The van der Waals surface area contributed by atoms with Crippen molar-refractivity contribution in [3.63, 3.8) is 0 Å². The van der Waals surface area contributed by atoms with Crippen LogP contribution in [0.4, 0.5) is 0 Å². The fourth-order valence-corrected chi connectivity index (χ4v) is 3.19. The molecule has 0 bridgehead atoms. The van der Waals surface area contributed by atoms with Crippen LogP contribution >= 0.6 is 11.8 Å². The van der Waals surface area contributed by atoms with Crippen LogP contribution in [-0.4, -0.2) is 54.7 Å². The number of nitrogens with zero attached hydrogens (tertiary/aromatic N) is 1. The number of rotatable bonds is 7. The van der Waals surface area contributed by atoms with Gasteiger partial charge in [0.25, 0.3) is 0 Å². The number of ether oxygens (including phenoxy) is 2. The summed E-state index contributed by atoms with van der Waals surface area (Å²) in [5.74, 6) is -1.42. The number of thioether (sulfide) groups is 1. The maximum Gasteiger partial charge on any atom is 0.337 e. The van der Waals surface area contributed by atoms with E-state index in [-0.39, 0.29) is 37.3 Å². The molecule has 9 heteroatoms. The SMILES string of the molecule is CCOC(=O)/C=C1\SCC(=O)N1CC(=O)NCc1ccc(C(=O)OC)cc1. The third kappa shape index (κ3) is 5.85. The zero-order chi connectivity index (χ0) is 19.8. The number of carbonyl (C=O) groups excluding carboxylic acids is 4. The molecule has 0 saturated carbocycles. The molecule has 1 aliphatic heterocycles. The Hall–Kier alpha value is -2.81. The molecule has 144 valence electrons. The Labute approximate surface area is 160 Å². The maximum absolute atomic E-state index is 12.2. The average molecular weight is 392 g/mol. The first kappa shape index (κ1) is 20.5. The molecule has 27 heavy (non-hydrogen) atoms. The highest BCUT2D eigenvalue weighted by Crippen LogP contribution is 2.28. The zero-order valence-electron chi connectivity index (χ0n) is 15.0. The Morgan fingerprint density at radius 2 is 1.96 bits per heavy atom. The summed E-state index contributed by atoms with van der Waals surface area (Å²) >= 11 is 1.19. The lowest BCUT2D eigenvalue weighted by atomic mass is 10.1. The van der Waals surface area contributed by atoms with E-state index in [1.54, 1.807) is 31.2 Å². The predicted molar refractivity (Wildman–Crippen MR) is 98.5 cm³/mol. The highest BCUT2D eigenvalue weighted by Gasteiger charge is 2.29. The molecule has 1 heterocycles. The summed E-state index contributed by atoms with van der Waals surface area (Å²) in [6.45, 7) is 1.98. The van der Waals surface area contributed by atoms with Gasteiger partial charge in [-0.05, 0) is 24.6 Å². The van der Waals surface area contributed by atoms with E-state index in [0.29, 0.717) is 10.6 Å². The first-order valence-electron chi connectivity index (χ1n) is 8.20. The van der Waals surface area contributed by atoms with Gasteiger partial charge in [-0.3, -0.25) is 14.5 Å². The number of hydrogen-bond donors (Lipinski definition) is 1. The lowest BCUT2D eigenvalue weighted by Crippen LogP contribution is -2.37. The van der Waals surface area contributed by atoms with Crippen LogP contribution in [0, 0.1) is 0 Å². The van der Waals surface area contributed by atoms with E-state index in [2.05, 4.69) is 10.1 Å². The number of nitrogens with one attached hydrogen (secondary N) is 1. The number of esters is 2. The number of benzene rings is 1. The van der Waals surface area contributed by atoms with Crippen molar-refractivity contribution in [1.29, 1.82) is 0 Å². The number of methoxy groups -OCH3 is 1. The quantitative estimate of drug-likeness (QED) is 0.547. The fourth-order valence-electron chi connectivity index (χ4n) is 2.26. The minimum atomic E-state index is -0.550. The lowest BCUT2D eigenvalue weighted by molar-refractivity contribution is -0.137. The molecule has 1 aromatic rings. The van der Waals surface area contributed by atoms with E-state index < -0.39 is 11.9 Å². The second kappa shape index (κ2) is 9.77. The lowest BCUT2D eigenvalue weighted by Gasteiger charge is -2.16. The Balaban J connectivity index is 1.91. The van der Waals surface area contributed by atoms with Crippen molar-refractivity contribution >= 4 is 35.5 Å². The molecule has 2 rings (SSSR count). The van der Waals surface area contributed by atoms with Crippen molar-refractivity contribution in [2.45, 2.75) is 13.5 Å². The van der Waals surface area contributed by atoms with Crippen LogP contribution in [0.15, 0.2) is 35.4 Å². The summed E-state index contributed by atoms with van der Waals surface area (Å²) in [6.07, 6.45) is 1.22. The van der Waals surface area contributed by atoms with Crippen LogP contribution in [0.25, 0.3) is 0 Å². The second-order valence-electron chi connectivity index (χ2n) is 5.47. The summed E-state index contributed by atoms with van der Waals surface area (Å²) in [4.78, 5) is 48.3. The van der Waals surface area contributed by atoms with Crippen molar-refractivity contribution in [3.05, 3.63) is 46.5 Å². The second-order valence-corrected chi connectivity index (χ2v) is 6.46. The molecule has 0 aromatic heterocycles. The van der Waals surface area contributed by atoms with Gasteiger partial charge < -0.3 is 14.8 Å². The molecule has 1 N–H and O–H groups in total. The Morgan fingerprint density at radius 3 is 2.59 bits per heavy atom. The molecule has 1 saturated heterocycles. The van der Waals surface area contributed by atoms with Gasteiger partial charge in [-0.1, -0.05) is 23.9 Å².